The third kappa shape index (κ3) is 4.27. The first-order valence-electron chi connectivity index (χ1n) is 9.99. The van der Waals surface area contributed by atoms with E-state index in [4.69, 9.17) is 14.2 Å². The molecule has 0 radical (unpaired) electrons. The molecule has 7 heteroatoms. The van der Waals surface area contributed by atoms with E-state index in [9.17, 15) is 14.7 Å². The van der Waals surface area contributed by atoms with Crippen molar-refractivity contribution in [2.24, 2.45) is 0 Å². The molecule has 2 aromatic carbocycles. The van der Waals surface area contributed by atoms with Crippen LogP contribution in [0.2, 0.25) is 0 Å². The Kier molecular flexibility index (Phi) is 6.97. The van der Waals surface area contributed by atoms with Gasteiger partial charge < -0.3 is 24.2 Å². The molecule has 1 N–H and O–H groups in total. The van der Waals surface area contributed by atoms with Gasteiger partial charge in [-0.1, -0.05) is 42.0 Å². The van der Waals surface area contributed by atoms with Gasteiger partial charge in [-0.05, 0) is 19.4 Å². The van der Waals surface area contributed by atoms with Crippen LogP contribution in [0.4, 0.5) is 0 Å². The number of aliphatic hydroxyl groups excluding tert-OH is 1. The number of hydrogen-bond acceptors (Lipinski definition) is 6. The summed E-state index contributed by atoms with van der Waals surface area (Å²) in [5.41, 5.74) is 2.07. The summed E-state index contributed by atoms with van der Waals surface area (Å²) in [6.45, 7) is 2.65. The van der Waals surface area contributed by atoms with E-state index in [1.807, 2.05) is 19.1 Å². The van der Waals surface area contributed by atoms with Crippen molar-refractivity contribution in [2.75, 3.05) is 34.5 Å². The Morgan fingerprint density at radius 2 is 1.74 bits per heavy atom. The second-order valence-corrected chi connectivity index (χ2v) is 7.29. The average molecular weight is 425 g/mol. The quantitative estimate of drug-likeness (QED) is 0.302. The number of Topliss-reactive ketones (excluding diaryl/α,β-unsaturated/α-hetero) is 1. The molecule has 1 saturated heterocycles. The van der Waals surface area contributed by atoms with Gasteiger partial charge >= 0.3 is 0 Å². The topological polar surface area (TPSA) is 85.3 Å². The number of ketones is 1. The zero-order chi connectivity index (χ0) is 22.5. The van der Waals surface area contributed by atoms with Crippen LogP contribution in [0.1, 0.15) is 29.2 Å². The molecule has 1 aliphatic heterocycles. The molecular weight excluding hydrogens is 398 g/mol. The average Bonchev–Trinajstić information content (AvgIpc) is 3.03. The van der Waals surface area contributed by atoms with Crippen molar-refractivity contribution < 1.29 is 28.9 Å². The van der Waals surface area contributed by atoms with E-state index in [0.29, 0.717) is 35.7 Å². The van der Waals surface area contributed by atoms with Gasteiger partial charge in [0.15, 0.2) is 11.5 Å². The van der Waals surface area contributed by atoms with Crippen LogP contribution in [0, 0.1) is 6.92 Å². The summed E-state index contributed by atoms with van der Waals surface area (Å²) in [6, 6.07) is 11.6. The van der Waals surface area contributed by atoms with Crippen LogP contribution in [0.5, 0.6) is 11.5 Å². The highest BCUT2D eigenvalue weighted by Crippen LogP contribution is 2.45. The Morgan fingerprint density at radius 1 is 1.03 bits per heavy atom. The SMILES string of the molecule is COCCCN1C(=O)C(=O)/C(=C(/O)c2ccc(C)cc2)C1c1cccc(OC)c1OC. The number of methoxy groups -OCH3 is 3. The smallest absolute Gasteiger partial charge is 0.295 e. The summed E-state index contributed by atoms with van der Waals surface area (Å²) in [6.07, 6.45) is 0.539. The number of likely N-dealkylation sites (tertiary alicyclic amines) is 1. The fourth-order valence-electron chi connectivity index (χ4n) is 3.81. The molecule has 1 unspecified atom stereocenters. The number of aliphatic hydroxyl groups is 1. The molecule has 1 fully saturated rings. The largest absolute Gasteiger partial charge is 0.507 e. The minimum Gasteiger partial charge on any atom is -0.507 e. The van der Waals surface area contributed by atoms with Gasteiger partial charge in [-0.3, -0.25) is 9.59 Å². The maximum atomic E-state index is 13.1. The molecule has 164 valence electrons. The van der Waals surface area contributed by atoms with Crippen molar-refractivity contribution in [1.82, 2.24) is 4.90 Å². The van der Waals surface area contributed by atoms with Crippen LogP contribution in [0.25, 0.3) is 5.76 Å². The second-order valence-electron chi connectivity index (χ2n) is 7.29. The predicted molar refractivity (Wildman–Crippen MR) is 116 cm³/mol. The van der Waals surface area contributed by atoms with Crippen LogP contribution in [-0.2, 0) is 14.3 Å². The Morgan fingerprint density at radius 3 is 2.35 bits per heavy atom. The minimum absolute atomic E-state index is 0.0258. The maximum Gasteiger partial charge on any atom is 0.295 e. The number of amides is 1. The van der Waals surface area contributed by atoms with E-state index < -0.39 is 17.7 Å². The molecule has 0 bridgehead atoms. The number of para-hydroxylation sites is 1. The van der Waals surface area contributed by atoms with Crippen molar-refractivity contribution in [2.45, 2.75) is 19.4 Å². The van der Waals surface area contributed by atoms with E-state index in [1.54, 1.807) is 37.4 Å². The molecule has 7 nitrogen and oxygen atoms in total. The molecule has 0 saturated carbocycles. The lowest BCUT2D eigenvalue weighted by Gasteiger charge is -2.27. The van der Waals surface area contributed by atoms with Crippen molar-refractivity contribution in [1.29, 1.82) is 0 Å². The van der Waals surface area contributed by atoms with Gasteiger partial charge in [-0.2, -0.15) is 0 Å². The van der Waals surface area contributed by atoms with Gasteiger partial charge in [0, 0.05) is 31.4 Å². The Hall–Kier alpha value is -3.32. The van der Waals surface area contributed by atoms with Crippen molar-refractivity contribution in [3.8, 4) is 11.5 Å². The lowest BCUT2D eigenvalue weighted by atomic mass is 9.94. The van der Waals surface area contributed by atoms with Crippen LogP contribution < -0.4 is 9.47 Å². The molecule has 0 aliphatic carbocycles. The Bertz CT molecular complexity index is 996. The first-order valence-corrected chi connectivity index (χ1v) is 9.99. The standard InChI is InChI=1S/C24H27NO6/c1-15-9-11-16(12-10-15)21(26)19-20(17-7-5-8-18(30-3)23(17)31-4)25(13-6-14-29-2)24(28)22(19)27/h5,7-12,20,26H,6,13-14H2,1-4H3/b21-19+. The lowest BCUT2D eigenvalue weighted by Crippen LogP contribution is -2.31. The number of aryl methyl sites for hydroxylation is 1. The summed E-state index contributed by atoms with van der Waals surface area (Å²) in [7, 11) is 4.59. The lowest BCUT2D eigenvalue weighted by molar-refractivity contribution is -0.140. The first kappa shape index (κ1) is 22.4. The second kappa shape index (κ2) is 9.66. The van der Waals surface area contributed by atoms with Crippen LogP contribution >= 0.6 is 0 Å². The summed E-state index contributed by atoms with van der Waals surface area (Å²) in [5.74, 6) is -0.742. The van der Waals surface area contributed by atoms with Gasteiger partial charge in [0.05, 0.1) is 25.8 Å². The highest BCUT2D eigenvalue weighted by atomic mass is 16.5. The Balaban J connectivity index is 2.21. The van der Waals surface area contributed by atoms with E-state index in [2.05, 4.69) is 0 Å². The maximum absolute atomic E-state index is 13.1. The number of carbonyl (C=O) groups excluding carboxylic acids is 2. The van der Waals surface area contributed by atoms with Gasteiger partial charge in [0.2, 0.25) is 0 Å². The first-order chi connectivity index (χ1) is 14.9. The molecular formula is C24H27NO6. The number of nitrogens with zero attached hydrogens (tertiary/aromatic N) is 1. The van der Waals surface area contributed by atoms with Crippen molar-refractivity contribution in [3.05, 3.63) is 64.7 Å². The molecule has 1 heterocycles. The number of rotatable bonds is 8. The number of carbonyl (C=O) groups is 2. The van der Waals surface area contributed by atoms with Gasteiger partial charge in [-0.15, -0.1) is 0 Å². The van der Waals surface area contributed by atoms with E-state index in [0.717, 1.165) is 5.56 Å². The summed E-state index contributed by atoms with van der Waals surface area (Å²) in [4.78, 5) is 27.5. The fraction of sp³-hybridized carbons (Fsp3) is 0.333. The molecule has 31 heavy (non-hydrogen) atoms. The van der Waals surface area contributed by atoms with Gasteiger partial charge in [-0.25, -0.2) is 0 Å². The molecule has 2 aromatic rings. The van der Waals surface area contributed by atoms with E-state index >= 15 is 0 Å². The van der Waals surface area contributed by atoms with Gasteiger partial charge in [0.1, 0.15) is 5.76 Å². The van der Waals surface area contributed by atoms with Crippen LogP contribution in [0.3, 0.4) is 0 Å². The van der Waals surface area contributed by atoms with E-state index in [1.165, 1.54) is 19.1 Å². The monoisotopic (exact) mass is 425 g/mol. The zero-order valence-electron chi connectivity index (χ0n) is 18.2. The fourth-order valence-corrected chi connectivity index (χ4v) is 3.81. The summed E-state index contributed by atoms with van der Waals surface area (Å²) in [5, 5.41) is 11.1. The van der Waals surface area contributed by atoms with Crippen LogP contribution in [0.15, 0.2) is 48.0 Å². The molecule has 0 aromatic heterocycles. The third-order valence-corrected chi connectivity index (χ3v) is 5.34. The highest BCUT2D eigenvalue weighted by molar-refractivity contribution is 6.46. The van der Waals surface area contributed by atoms with E-state index in [-0.39, 0.29) is 17.9 Å². The summed E-state index contributed by atoms with van der Waals surface area (Å²) >= 11 is 0. The number of ether oxygens (including phenoxy) is 3. The molecule has 1 amide bonds. The highest BCUT2D eigenvalue weighted by Gasteiger charge is 2.47. The molecule has 1 atom stereocenters. The zero-order valence-corrected chi connectivity index (χ0v) is 18.2. The molecule has 3 rings (SSSR count). The molecule has 1 aliphatic rings. The number of hydrogen-bond donors (Lipinski definition) is 1. The third-order valence-electron chi connectivity index (χ3n) is 5.34. The minimum atomic E-state index is -0.816. The normalized spacial score (nSPS) is 17.8. The molecule has 0 spiro atoms. The van der Waals surface area contributed by atoms with Crippen molar-refractivity contribution in [3.63, 3.8) is 0 Å². The van der Waals surface area contributed by atoms with Crippen LogP contribution in [-0.4, -0.2) is 56.2 Å². The predicted octanol–water partition coefficient (Wildman–Crippen LogP) is 3.47. The number of benzene rings is 2. The summed E-state index contributed by atoms with van der Waals surface area (Å²) < 4.78 is 16.1. The van der Waals surface area contributed by atoms with Gasteiger partial charge in [0.25, 0.3) is 11.7 Å². The Labute approximate surface area is 181 Å². The van der Waals surface area contributed by atoms with Crippen molar-refractivity contribution >= 4 is 17.4 Å².